The van der Waals surface area contributed by atoms with Crippen molar-refractivity contribution in [3.05, 3.63) is 82.5 Å². The molecule has 1 heterocycles. The molecule has 0 saturated carbocycles. The third kappa shape index (κ3) is 3.81. The zero-order valence-corrected chi connectivity index (χ0v) is 14.7. The summed E-state index contributed by atoms with van der Waals surface area (Å²) in [5.41, 5.74) is 3.38. The van der Waals surface area contributed by atoms with Crippen LogP contribution in [0.4, 0.5) is 17.2 Å². The van der Waals surface area contributed by atoms with Crippen molar-refractivity contribution in [1.82, 2.24) is 4.98 Å². The molecule has 0 saturated heterocycles. The van der Waals surface area contributed by atoms with Gasteiger partial charge in [-0.15, -0.1) is 0 Å². The molecule has 0 aliphatic rings. The van der Waals surface area contributed by atoms with E-state index in [2.05, 4.69) is 31.5 Å². The summed E-state index contributed by atoms with van der Waals surface area (Å²) in [5.74, 6) is 0.355. The van der Waals surface area contributed by atoms with Crippen molar-refractivity contribution in [2.45, 2.75) is 6.92 Å². The van der Waals surface area contributed by atoms with E-state index in [1.54, 1.807) is 18.3 Å². The summed E-state index contributed by atoms with van der Waals surface area (Å²) in [6.07, 6.45) is 1.69. The average molecular weight is 382 g/mol. The number of para-hydroxylation sites is 1. The molecular formula is C19H16BrN3O. The van der Waals surface area contributed by atoms with Crippen molar-refractivity contribution in [3.63, 3.8) is 0 Å². The van der Waals surface area contributed by atoms with Crippen LogP contribution in [-0.2, 0) is 0 Å². The number of hydrogen-bond donors (Lipinski definition) is 2. The number of carbonyl (C=O) groups excluding carboxylic acids is 1. The van der Waals surface area contributed by atoms with E-state index in [0.29, 0.717) is 11.4 Å². The highest BCUT2D eigenvalue weighted by Gasteiger charge is 2.09. The molecule has 1 aromatic heterocycles. The summed E-state index contributed by atoms with van der Waals surface area (Å²) in [7, 11) is 0. The maximum absolute atomic E-state index is 12.3. The molecule has 0 aliphatic carbocycles. The number of amides is 1. The molecule has 3 rings (SSSR count). The lowest BCUT2D eigenvalue weighted by atomic mass is 10.1. The number of benzene rings is 2. The highest BCUT2D eigenvalue weighted by Crippen LogP contribution is 2.25. The number of aromatic nitrogens is 1. The summed E-state index contributed by atoms with van der Waals surface area (Å²) < 4.78 is 0.974. The van der Waals surface area contributed by atoms with Crippen molar-refractivity contribution in [2.75, 3.05) is 10.6 Å². The van der Waals surface area contributed by atoms with Gasteiger partial charge in [-0.05, 0) is 58.7 Å². The largest absolute Gasteiger partial charge is 0.353 e. The smallest absolute Gasteiger partial charge is 0.257 e. The lowest BCUT2D eigenvalue weighted by Crippen LogP contribution is -2.14. The van der Waals surface area contributed by atoms with Gasteiger partial charge in [0, 0.05) is 10.0 Å². The van der Waals surface area contributed by atoms with Gasteiger partial charge in [0.2, 0.25) is 0 Å². The van der Waals surface area contributed by atoms with E-state index in [1.807, 2.05) is 55.5 Å². The first kappa shape index (κ1) is 16.2. The molecule has 0 aliphatic heterocycles. The van der Waals surface area contributed by atoms with Crippen LogP contribution in [0.15, 0.2) is 71.3 Å². The van der Waals surface area contributed by atoms with Gasteiger partial charge < -0.3 is 10.6 Å². The van der Waals surface area contributed by atoms with E-state index in [4.69, 9.17) is 0 Å². The minimum atomic E-state index is -0.160. The minimum absolute atomic E-state index is 0.160. The molecule has 0 spiro atoms. The Balaban J connectivity index is 1.70. The summed E-state index contributed by atoms with van der Waals surface area (Å²) in [6, 6.07) is 19.0. The molecule has 2 N–H and O–H groups in total. The van der Waals surface area contributed by atoms with E-state index < -0.39 is 0 Å². The van der Waals surface area contributed by atoms with Crippen molar-refractivity contribution in [3.8, 4) is 0 Å². The number of carbonyl (C=O) groups is 1. The first-order chi connectivity index (χ1) is 11.6. The number of rotatable bonds is 4. The quantitative estimate of drug-likeness (QED) is 0.656. The van der Waals surface area contributed by atoms with Gasteiger partial charge in [-0.2, -0.15) is 0 Å². The predicted molar refractivity (Wildman–Crippen MR) is 101 cm³/mol. The second kappa shape index (κ2) is 7.27. The first-order valence-corrected chi connectivity index (χ1v) is 8.27. The molecule has 0 radical (unpaired) electrons. The summed E-state index contributed by atoms with van der Waals surface area (Å²) >= 11 is 3.49. The van der Waals surface area contributed by atoms with E-state index in [-0.39, 0.29) is 5.91 Å². The molecule has 0 atom stereocenters. The molecule has 2 aromatic carbocycles. The van der Waals surface area contributed by atoms with Crippen LogP contribution in [0.3, 0.4) is 0 Å². The molecule has 24 heavy (non-hydrogen) atoms. The maximum Gasteiger partial charge on any atom is 0.257 e. The van der Waals surface area contributed by atoms with Gasteiger partial charge in [0.1, 0.15) is 5.82 Å². The molecule has 1 amide bonds. The Morgan fingerprint density at radius 3 is 2.46 bits per heavy atom. The Hall–Kier alpha value is -2.66. The van der Waals surface area contributed by atoms with E-state index in [9.17, 15) is 4.79 Å². The van der Waals surface area contributed by atoms with Crippen LogP contribution in [0.1, 0.15) is 15.9 Å². The normalized spacial score (nSPS) is 10.2. The zero-order valence-electron chi connectivity index (χ0n) is 13.1. The number of nitrogens with zero attached hydrogens (tertiary/aromatic N) is 1. The Morgan fingerprint density at radius 2 is 1.75 bits per heavy atom. The minimum Gasteiger partial charge on any atom is -0.353 e. The molecule has 0 bridgehead atoms. The number of nitrogens with one attached hydrogen (secondary N) is 2. The van der Waals surface area contributed by atoms with Crippen LogP contribution in [0.25, 0.3) is 0 Å². The number of aryl methyl sites for hydroxylation is 1. The van der Waals surface area contributed by atoms with E-state index in [1.165, 1.54) is 0 Å². The van der Waals surface area contributed by atoms with Crippen molar-refractivity contribution >= 4 is 39.0 Å². The summed E-state index contributed by atoms with van der Waals surface area (Å²) in [5, 5.41) is 6.09. The monoisotopic (exact) mass is 381 g/mol. The van der Waals surface area contributed by atoms with Crippen molar-refractivity contribution in [2.24, 2.45) is 0 Å². The SMILES string of the molecule is Cc1ccccc1C(=O)Nc1ccc(Nc2ccccc2Br)cn1. The van der Waals surface area contributed by atoms with Gasteiger partial charge in [-0.3, -0.25) is 4.79 Å². The fraction of sp³-hybridized carbons (Fsp3) is 0.0526. The molecular weight excluding hydrogens is 366 g/mol. The highest BCUT2D eigenvalue weighted by molar-refractivity contribution is 9.10. The third-order valence-electron chi connectivity index (χ3n) is 3.55. The zero-order chi connectivity index (χ0) is 16.9. The van der Waals surface area contributed by atoms with E-state index >= 15 is 0 Å². The number of anilines is 3. The van der Waals surface area contributed by atoms with Crippen LogP contribution in [0, 0.1) is 6.92 Å². The predicted octanol–water partition coefficient (Wildman–Crippen LogP) is 5.15. The lowest BCUT2D eigenvalue weighted by molar-refractivity contribution is 0.102. The van der Waals surface area contributed by atoms with Gasteiger partial charge >= 0.3 is 0 Å². The Bertz CT molecular complexity index is 862. The van der Waals surface area contributed by atoms with E-state index in [0.717, 1.165) is 21.4 Å². The van der Waals surface area contributed by atoms with Gasteiger partial charge in [0.25, 0.3) is 5.91 Å². The average Bonchev–Trinajstić information content (AvgIpc) is 2.59. The fourth-order valence-corrected chi connectivity index (χ4v) is 2.66. The van der Waals surface area contributed by atoms with Crippen LogP contribution in [0.2, 0.25) is 0 Å². The summed E-state index contributed by atoms with van der Waals surface area (Å²) in [6.45, 7) is 1.91. The Kier molecular flexibility index (Phi) is 4.91. The molecule has 5 heteroatoms. The third-order valence-corrected chi connectivity index (χ3v) is 4.24. The molecule has 0 unspecified atom stereocenters. The lowest BCUT2D eigenvalue weighted by Gasteiger charge is -2.10. The second-order valence-electron chi connectivity index (χ2n) is 5.31. The maximum atomic E-state index is 12.3. The molecule has 0 fully saturated rings. The van der Waals surface area contributed by atoms with Gasteiger partial charge in [0.15, 0.2) is 0 Å². The fourth-order valence-electron chi connectivity index (χ4n) is 2.27. The van der Waals surface area contributed by atoms with Gasteiger partial charge in [-0.1, -0.05) is 30.3 Å². The molecule has 3 aromatic rings. The van der Waals surface area contributed by atoms with Crippen LogP contribution < -0.4 is 10.6 Å². The van der Waals surface area contributed by atoms with Crippen LogP contribution >= 0.6 is 15.9 Å². The van der Waals surface area contributed by atoms with Crippen LogP contribution in [0.5, 0.6) is 0 Å². The Labute approximate surface area is 149 Å². The number of halogens is 1. The van der Waals surface area contributed by atoms with Crippen molar-refractivity contribution in [1.29, 1.82) is 0 Å². The van der Waals surface area contributed by atoms with Crippen molar-refractivity contribution < 1.29 is 4.79 Å². The van der Waals surface area contributed by atoms with Gasteiger partial charge in [-0.25, -0.2) is 4.98 Å². The number of pyridine rings is 1. The standard InChI is InChI=1S/C19H16BrN3O/c1-13-6-2-3-7-15(13)19(24)23-18-11-10-14(12-21-18)22-17-9-5-4-8-16(17)20/h2-12,22H,1H3,(H,21,23,24). The topological polar surface area (TPSA) is 54.0 Å². The van der Waals surface area contributed by atoms with Crippen LogP contribution in [-0.4, -0.2) is 10.9 Å². The highest BCUT2D eigenvalue weighted by atomic mass is 79.9. The Morgan fingerprint density at radius 1 is 1.00 bits per heavy atom. The van der Waals surface area contributed by atoms with Gasteiger partial charge in [0.05, 0.1) is 17.6 Å². The second-order valence-corrected chi connectivity index (χ2v) is 6.16. The molecule has 120 valence electrons. The number of hydrogen-bond acceptors (Lipinski definition) is 3. The first-order valence-electron chi connectivity index (χ1n) is 7.48. The summed E-state index contributed by atoms with van der Waals surface area (Å²) in [4.78, 5) is 16.6. The molecule has 4 nitrogen and oxygen atoms in total.